The van der Waals surface area contributed by atoms with E-state index in [1.807, 2.05) is 53.9 Å². The van der Waals surface area contributed by atoms with Gasteiger partial charge < -0.3 is 10.2 Å². The summed E-state index contributed by atoms with van der Waals surface area (Å²) >= 11 is 0. The second-order valence-corrected chi connectivity index (χ2v) is 12.8. The Labute approximate surface area is 217 Å². The maximum Gasteiger partial charge on any atom is 0.275 e. The van der Waals surface area contributed by atoms with Crippen LogP contribution in [0.1, 0.15) is 34.0 Å². The summed E-state index contributed by atoms with van der Waals surface area (Å²) in [6.45, 7) is 0.299. The van der Waals surface area contributed by atoms with Crippen LogP contribution < -0.4 is 10.2 Å². The predicted octanol–water partition coefficient (Wildman–Crippen LogP) is -0.767. The van der Waals surface area contributed by atoms with Crippen LogP contribution in [0.5, 0.6) is 0 Å². The van der Waals surface area contributed by atoms with Gasteiger partial charge in [0.25, 0.3) is 5.91 Å². The van der Waals surface area contributed by atoms with E-state index in [1.165, 1.54) is 16.9 Å². The molecule has 3 atom stereocenters. The number of hydrogen-bond acceptors (Lipinski definition) is 5. The van der Waals surface area contributed by atoms with Gasteiger partial charge in [0.05, 0.1) is 17.6 Å². The van der Waals surface area contributed by atoms with Crippen molar-refractivity contribution in [3.8, 4) is 0 Å². The lowest BCUT2D eigenvalue weighted by molar-refractivity contribution is -0.120. The molecule has 1 fully saturated rings. The molecule has 1 saturated carbocycles. The van der Waals surface area contributed by atoms with Crippen LogP contribution in [-0.2, 0) is 21.2 Å². The van der Waals surface area contributed by atoms with Crippen molar-refractivity contribution in [3.63, 3.8) is 0 Å². The summed E-state index contributed by atoms with van der Waals surface area (Å²) < 4.78 is 40.5. The highest BCUT2D eigenvalue weighted by Crippen LogP contribution is 2.55. The number of aromatic nitrogens is 2. The summed E-state index contributed by atoms with van der Waals surface area (Å²) in [7, 11) is 2.19. The number of amides is 2. The maximum absolute atomic E-state index is 14.7. The quantitative estimate of drug-likeness (QED) is 0.433. The molecule has 0 radical (unpaired) electrons. The van der Waals surface area contributed by atoms with Gasteiger partial charge in [-0.15, -0.1) is 0 Å². The van der Waals surface area contributed by atoms with Crippen molar-refractivity contribution in [2.45, 2.75) is 35.1 Å². The number of carbonyl (C=O) groups is 2. The van der Waals surface area contributed by atoms with Gasteiger partial charge in [-0.3, -0.25) is 14.3 Å². The Bertz CT molecular complexity index is 1510. The minimum absolute atomic E-state index is 0.0983. The van der Waals surface area contributed by atoms with Crippen LogP contribution in [0.15, 0.2) is 59.6 Å². The van der Waals surface area contributed by atoms with Crippen molar-refractivity contribution < 1.29 is 22.4 Å². The smallest absolute Gasteiger partial charge is 0.275 e. The molecule has 1 aliphatic carbocycles. The average Bonchev–Trinajstić information content (AvgIpc) is 3.52. The van der Waals surface area contributed by atoms with E-state index in [-0.39, 0.29) is 28.3 Å². The highest BCUT2D eigenvalue weighted by atomic mass is 32.2. The average molecular weight is 518 g/mol. The third-order valence-corrected chi connectivity index (χ3v) is 8.01. The van der Waals surface area contributed by atoms with E-state index in [1.54, 1.807) is 17.0 Å². The first-order chi connectivity index (χ1) is 17.3. The van der Waals surface area contributed by atoms with Gasteiger partial charge in [0, 0.05) is 11.9 Å². The molecule has 2 amide bonds. The van der Waals surface area contributed by atoms with Crippen LogP contribution in [0.4, 0.5) is 10.1 Å². The number of sulfone groups is 1. The molecular weight excluding hydrogens is 492 g/mol. The van der Waals surface area contributed by atoms with Gasteiger partial charge in [-0.25, -0.2) is 12.8 Å². The Balaban J connectivity index is 1.45. The normalized spacial score (nSPS) is 21.1. The molecule has 0 saturated heterocycles. The molecule has 5 rings (SSSR count). The first kappa shape index (κ1) is 25.3. The van der Waals surface area contributed by atoms with Gasteiger partial charge in [-0.1, -0.05) is 30.3 Å². The van der Waals surface area contributed by atoms with E-state index < -0.39 is 32.8 Å². The zero-order valence-corrected chi connectivity index (χ0v) is 21.9. The minimum Gasteiger partial charge on any atom is -0.338 e. The number of nitrogens with one attached hydrogen (secondary N) is 1. The Morgan fingerprint density at radius 1 is 1.19 bits per heavy atom. The molecule has 8 nitrogen and oxygen atoms in total. The van der Waals surface area contributed by atoms with Crippen molar-refractivity contribution >= 4 is 50.9 Å². The van der Waals surface area contributed by atoms with Crippen LogP contribution in [0.3, 0.4) is 0 Å². The van der Waals surface area contributed by atoms with Crippen LogP contribution in [0.25, 0.3) is 0 Å². The number of halogens is 1. The lowest BCUT2D eigenvalue weighted by Gasteiger charge is -2.39. The molecular formula is C24H26B3FN4O4S. The Morgan fingerprint density at radius 3 is 2.54 bits per heavy atom. The number of hydrogen-bond donors (Lipinski definition) is 1. The summed E-state index contributed by atoms with van der Waals surface area (Å²) in [5.41, 5.74) is 1.94. The van der Waals surface area contributed by atoms with Crippen molar-refractivity contribution in [2.75, 3.05) is 11.2 Å². The molecule has 2 aromatic carbocycles. The minimum atomic E-state index is -3.44. The van der Waals surface area contributed by atoms with Crippen molar-refractivity contribution in [2.24, 2.45) is 5.92 Å². The molecule has 1 N–H and O–H groups in total. The molecule has 1 aromatic heterocycles. The largest absolute Gasteiger partial charge is 0.338 e. The molecule has 0 bridgehead atoms. The molecule has 188 valence electrons. The van der Waals surface area contributed by atoms with Crippen molar-refractivity contribution in [3.05, 3.63) is 77.4 Å². The number of anilines is 1. The zero-order chi connectivity index (χ0) is 26.7. The number of benzene rings is 2. The highest BCUT2D eigenvalue weighted by Gasteiger charge is 2.54. The summed E-state index contributed by atoms with van der Waals surface area (Å²) in [6.07, 6.45) is 2.93. The van der Waals surface area contributed by atoms with Crippen LogP contribution in [0.2, 0.25) is 0 Å². The van der Waals surface area contributed by atoms with E-state index in [9.17, 15) is 22.4 Å². The van der Waals surface area contributed by atoms with E-state index in [4.69, 9.17) is 0 Å². The van der Waals surface area contributed by atoms with Gasteiger partial charge in [-0.05, 0) is 52.8 Å². The van der Waals surface area contributed by atoms with E-state index in [0.717, 1.165) is 17.4 Å². The second kappa shape index (κ2) is 8.90. The molecule has 37 heavy (non-hydrogen) atoms. The summed E-state index contributed by atoms with van der Waals surface area (Å²) in [6, 6.07) is 13.3. The number of nitrogens with zero attached hydrogens (tertiary/aromatic N) is 3. The Morgan fingerprint density at radius 2 is 1.89 bits per heavy atom. The Kier molecular flexibility index (Phi) is 6.09. The monoisotopic (exact) mass is 518 g/mol. The third-order valence-electron chi connectivity index (χ3n) is 6.90. The van der Waals surface area contributed by atoms with Crippen molar-refractivity contribution in [1.29, 1.82) is 0 Å². The summed E-state index contributed by atoms with van der Waals surface area (Å²) in [4.78, 5) is 28.8. The van der Waals surface area contributed by atoms with Gasteiger partial charge in [0.2, 0.25) is 5.91 Å². The molecule has 2 heterocycles. The second-order valence-electron chi connectivity index (χ2n) is 10.8. The number of fused-ring (bicyclic) bond motifs is 3. The van der Waals surface area contributed by atoms with Crippen molar-refractivity contribution in [1.82, 2.24) is 15.1 Å². The molecule has 0 spiro atoms. The van der Waals surface area contributed by atoms with Gasteiger partial charge in [-0.2, -0.15) is 5.10 Å². The zero-order valence-electron chi connectivity index (χ0n) is 21.1. The van der Waals surface area contributed by atoms with Crippen LogP contribution in [-0.4, -0.2) is 71.1 Å². The molecule has 3 aromatic rings. The van der Waals surface area contributed by atoms with Crippen LogP contribution >= 0.6 is 0 Å². The standard InChI is InChI=1S/C24H26B3FN4O4S/c1-37(35,36)14-7-8-19-16(9-14)15-10-17(15)20(23(34)32(19)24(25,26)27)29-22(33)21-18(28)12-31(30-21)11-13-5-3-2-4-6-13/h2-9,12,15,17,20H,10-11,25-27H2,1H3,(H,29,33)/t15-,17-,20-/m1/s1. The van der Waals surface area contributed by atoms with E-state index >= 15 is 0 Å². The SMILES string of the molecule is BC(B)(B)N1C(=O)[C@H](NC(=O)c2nn(Cc3ccccc3)cc2F)[C@@H]2C[C@@H]2c2cc(S(C)(=O)=O)ccc21. The molecule has 0 unspecified atom stereocenters. The number of carbonyl (C=O) groups excluding carboxylic acids is 2. The van der Waals surface area contributed by atoms with Crippen LogP contribution in [0, 0.1) is 11.7 Å². The van der Waals surface area contributed by atoms with Gasteiger partial charge in [0.1, 0.15) is 29.6 Å². The molecule has 13 heteroatoms. The number of rotatable bonds is 6. The summed E-state index contributed by atoms with van der Waals surface area (Å²) in [5, 5.41) is 6.24. The fourth-order valence-corrected chi connectivity index (χ4v) is 5.77. The van der Waals surface area contributed by atoms with Gasteiger partial charge in [0.15, 0.2) is 21.3 Å². The first-order valence-corrected chi connectivity index (χ1v) is 14.0. The summed E-state index contributed by atoms with van der Waals surface area (Å²) in [5.74, 6) is -2.17. The lowest BCUT2D eigenvalue weighted by Crippen LogP contribution is -2.60. The van der Waals surface area contributed by atoms with E-state index in [2.05, 4.69) is 10.4 Å². The molecule has 1 aliphatic heterocycles. The lowest BCUT2D eigenvalue weighted by atomic mass is 9.48. The highest BCUT2D eigenvalue weighted by molar-refractivity contribution is 7.90. The van der Waals surface area contributed by atoms with E-state index in [0.29, 0.717) is 18.7 Å². The predicted molar refractivity (Wildman–Crippen MR) is 145 cm³/mol. The first-order valence-electron chi connectivity index (χ1n) is 12.1. The third kappa shape index (κ3) is 4.84. The topological polar surface area (TPSA) is 101 Å². The van der Waals surface area contributed by atoms with Gasteiger partial charge >= 0.3 is 0 Å². The maximum atomic E-state index is 14.7. The fourth-order valence-electron chi connectivity index (χ4n) is 5.12. The molecule has 2 aliphatic rings. The fraction of sp³-hybridized carbons (Fsp3) is 0.292. The Hall–Kier alpha value is -3.34.